The van der Waals surface area contributed by atoms with Crippen LogP contribution in [0.5, 0.6) is 0 Å². The largest absolute Gasteiger partial charge is 0.390 e. The highest BCUT2D eigenvalue weighted by atomic mass is 32.2. The van der Waals surface area contributed by atoms with Gasteiger partial charge in [-0.2, -0.15) is 0 Å². The lowest BCUT2D eigenvalue weighted by atomic mass is 10.3. The lowest BCUT2D eigenvalue weighted by molar-refractivity contribution is 0.107. The van der Waals surface area contributed by atoms with Crippen LogP contribution in [0.15, 0.2) is 17.2 Å². The van der Waals surface area contributed by atoms with E-state index in [2.05, 4.69) is 4.72 Å². The van der Waals surface area contributed by atoms with Crippen molar-refractivity contribution in [2.24, 2.45) is 7.05 Å². The number of methoxy groups -OCH3 is 1. The molecule has 1 aromatic heterocycles. The summed E-state index contributed by atoms with van der Waals surface area (Å²) in [5.74, 6) is 0. The predicted molar refractivity (Wildman–Crippen MR) is 70.1 cm³/mol. The first kappa shape index (κ1) is 14.5. The minimum atomic E-state index is -3.52. The fourth-order valence-electron chi connectivity index (χ4n) is 2.43. The maximum absolute atomic E-state index is 12.2. The summed E-state index contributed by atoms with van der Waals surface area (Å²) in [7, 11) is -0.170. The molecule has 0 saturated heterocycles. The first-order valence-corrected chi connectivity index (χ1v) is 7.76. The molecule has 2 N–H and O–H groups in total. The van der Waals surface area contributed by atoms with Gasteiger partial charge in [-0.3, -0.25) is 0 Å². The van der Waals surface area contributed by atoms with E-state index in [1.807, 2.05) is 0 Å². The van der Waals surface area contributed by atoms with Crippen molar-refractivity contribution in [3.05, 3.63) is 18.0 Å². The minimum absolute atomic E-state index is 0.0762. The first-order chi connectivity index (χ1) is 8.96. The van der Waals surface area contributed by atoms with Gasteiger partial charge in [-0.25, -0.2) is 13.1 Å². The molecule has 0 radical (unpaired) electrons. The van der Waals surface area contributed by atoms with Gasteiger partial charge >= 0.3 is 0 Å². The van der Waals surface area contributed by atoms with Gasteiger partial charge in [0.2, 0.25) is 10.0 Å². The molecule has 19 heavy (non-hydrogen) atoms. The normalized spacial score (nSPS) is 23.9. The Morgan fingerprint density at radius 1 is 1.53 bits per heavy atom. The number of aromatic nitrogens is 1. The SMILES string of the molecule is COC1CCC(NS(=O)(=O)c2cc(CO)n(C)c2)C1. The molecule has 1 aromatic rings. The second-order valence-electron chi connectivity index (χ2n) is 4.93. The van der Waals surface area contributed by atoms with Gasteiger partial charge < -0.3 is 14.4 Å². The number of hydrogen-bond acceptors (Lipinski definition) is 4. The smallest absolute Gasteiger partial charge is 0.242 e. The zero-order chi connectivity index (χ0) is 14.0. The molecule has 1 fully saturated rings. The van der Waals surface area contributed by atoms with E-state index in [0.29, 0.717) is 12.1 Å². The Kier molecular flexibility index (Phi) is 4.29. The molecule has 1 aliphatic carbocycles. The average molecular weight is 288 g/mol. The molecule has 7 heteroatoms. The van der Waals surface area contributed by atoms with Gasteiger partial charge in [0, 0.05) is 32.1 Å². The molecule has 6 nitrogen and oxygen atoms in total. The summed E-state index contributed by atoms with van der Waals surface area (Å²) in [5.41, 5.74) is 0.571. The molecule has 2 rings (SSSR count). The Morgan fingerprint density at radius 3 is 2.79 bits per heavy atom. The van der Waals surface area contributed by atoms with Crippen LogP contribution in [0.2, 0.25) is 0 Å². The molecule has 108 valence electrons. The van der Waals surface area contributed by atoms with Crippen LogP contribution < -0.4 is 4.72 Å². The second-order valence-corrected chi connectivity index (χ2v) is 6.64. The molecular formula is C12H20N2O4S. The summed E-state index contributed by atoms with van der Waals surface area (Å²) in [4.78, 5) is 0.194. The van der Waals surface area contributed by atoms with Gasteiger partial charge in [0.1, 0.15) is 0 Å². The van der Waals surface area contributed by atoms with Gasteiger partial charge in [-0.05, 0) is 25.3 Å². The van der Waals surface area contributed by atoms with Crippen LogP contribution in [0.1, 0.15) is 25.0 Å². The first-order valence-electron chi connectivity index (χ1n) is 6.27. The molecule has 0 bridgehead atoms. The Balaban J connectivity index is 2.10. The second kappa shape index (κ2) is 5.62. The summed E-state index contributed by atoms with van der Waals surface area (Å²) in [6.07, 6.45) is 4.01. The van der Waals surface area contributed by atoms with Crippen molar-refractivity contribution < 1.29 is 18.3 Å². The molecule has 1 aliphatic rings. The van der Waals surface area contributed by atoms with Crippen LogP contribution in [0.3, 0.4) is 0 Å². The number of nitrogens with zero attached hydrogens (tertiary/aromatic N) is 1. The van der Waals surface area contributed by atoms with Gasteiger partial charge in [0.05, 0.1) is 17.6 Å². The third kappa shape index (κ3) is 3.17. The molecule has 0 aliphatic heterocycles. The fourth-order valence-corrected chi connectivity index (χ4v) is 3.81. The lowest BCUT2D eigenvalue weighted by Crippen LogP contribution is -2.33. The number of aliphatic hydroxyl groups is 1. The van der Waals surface area contributed by atoms with Crippen LogP contribution >= 0.6 is 0 Å². The zero-order valence-electron chi connectivity index (χ0n) is 11.2. The van der Waals surface area contributed by atoms with E-state index in [1.165, 1.54) is 12.3 Å². The lowest BCUT2D eigenvalue weighted by Gasteiger charge is -2.12. The summed E-state index contributed by atoms with van der Waals surface area (Å²) in [6, 6.07) is 1.41. The van der Waals surface area contributed by atoms with E-state index >= 15 is 0 Å². The maximum Gasteiger partial charge on any atom is 0.242 e. The number of aryl methyl sites for hydroxylation is 1. The van der Waals surface area contributed by atoms with Crippen LogP contribution in [0, 0.1) is 0 Å². The van der Waals surface area contributed by atoms with Crippen molar-refractivity contribution >= 4 is 10.0 Å². The number of rotatable bonds is 5. The number of nitrogens with one attached hydrogen (secondary N) is 1. The zero-order valence-corrected chi connectivity index (χ0v) is 12.0. The monoisotopic (exact) mass is 288 g/mol. The topological polar surface area (TPSA) is 80.6 Å². The van der Waals surface area contributed by atoms with Crippen molar-refractivity contribution in [2.75, 3.05) is 7.11 Å². The molecule has 1 saturated carbocycles. The van der Waals surface area contributed by atoms with Gasteiger partial charge in [0.15, 0.2) is 0 Å². The van der Waals surface area contributed by atoms with Crippen LogP contribution in [0.25, 0.3) is 0 Å². The maximum atomic E-state index is 12.2. The summed E-state index contributed by atoms with van der Waals surface area (Å²) >= 11 is 0. The molecule has 0 spiro atoms. The summed E-state index contributed by atoms with van der Waals surface area (Å²) < 4.78 is 34.0. The molecule has 2 unspecified atom stereocenters. The third-order valence-electron chi connectivity index (χ3n) is 3.59. The highest BCUT2D eigenvalue weighted by molar-refractivity contribution is 7.89. The molecule has 1 heterocycles. The number of sulfonamides is 1. The van der Waals surface area contributed by atoms with Crippen molar-refractivity contribution in [3.8, 4) is 0 Å². The van der Waals surface area contributed by atoms with Gasteiger partial charge in [0.25, 0.3) is 0 Å². The summed E-state index contributed by atoms with van der Waals surface area (Å²) in [6.45, 7) is -0.179. The van der Waals surface area contributed by atoms with Crippen molar-refractivity contribution in [2.45, 2.75) is 42.9 Å². The molecule has 2 atom stereocenters. The minimum Gasteiger partial charge on any atom is -0.390 e. The van der Waals surface area contributed by atoms with Crippen LogP contribution in [0.4, 0.5) is 0 Å². The van der Waals surface area contributed by atoms with Crippen molar-refractivity contribution in [3.63, 3.8) is 0 Å². The van der Waals surface area contributed by atoms with E-state index in [1.54, 1.807) is 18.7 Å². The number of ether oxygens (including phenoxy) is 1. The quantitative estimate of drug-likeness (QED) is 0.820. The van der Waals surface area contributed by atoms with Gasteiger partial charge in [-0.1, -0.05) is 0 Å². The summed E-state index contributed by atoms with van der Waals surface area (Å²) in [5, 5.41) is 9.10. The highest BCUT2D eigenvalue weighted by Gasteiger charge is 2.29. The molecule has 0 aromatic carbocycles. The van der Waals surface area contributed by atoms with E-state index in [0.717, 1.165) is 12.8 Å². The highest BCUT2D eigenvalue weighted by Crippen LogP contribution is 2.23. The Labute approximate surface area is 113 Å². The van der Waals surface area contributed by atoms with E-state index < -0.39 is 10.0 Å². The fraction of sp³-hybridized carbons (Fsp3) is 0.667. The van der Waals surface area contributed by atoms with Gasteiger partial charge in [-0.15, -0.1) is 0 Å². The Morgan fingerprint density at radius 2 is 2.26 bits per heavy atom. The van der Waals surface area contributed by atoms with Crippen molar-refractivity contribution in [1.29, 1.82) is 0 Å². The van der Waals surface area contributed by atoms with Crippen LogP contribution in [-0.4, -0.2) is 37.3 Å². The predicted octanol–water partition coefficient (Wildman–Crippen LogP) is 0.363. The van der Waals surface area contributed by atoms with Crippen molar-refractivity contribution in [1.82, 2.24) is 9.29 Å². The standard InChI is InChI=1S/C12H20N2O4S/c1-14-7-12(6-10(14)8-15)19(16,17)13-9-3-4-11(5-9)18-2/h6-7,9,11,13,15H,3-5,8H2,1-2H3. The average Bonchev–Trinajstić information content (AvgIpc) is 2.95. The Hall–Kier alpha value is -0.890. The van der Waals surface area contributed by atoms with E-state index in [9.17, 15) is 8.42 Å². The molecule has 0 amide bonds. The number of aliphatic hydroxyl groups excluding tert-OH is 1. The third-order valence-corrected chi connectivity index (χ3v) is 5.08. The Bertz CT molecular complexity index is 538. The molecular weight excluding hydrogens is 268 g/mol. The van der Waals surface area contributed by atoms with E-state index in [-0.39, 0.29) is 23.6 Å². The number of hydrogen-bond donors (Lipinski definition) is 2. The van der Waals surface area contributed by atoms with Crippen LogP contribution in [-0.2, 0) is 28.4 Å². The van der Waals surface area contributed by atoms with E-state index in [4.69, 9.17) is 9.84 Å².